The summed E-state index contributed by atoms with van der Waals surface area (Å²) < 4.78 is 12.1. The quantitative estimate of drug-likeness (QED) is 0.905. The second-order valence-electron chi connectivity index (χ2n) is 3.99. The van der Waals surface area contributed by atoms with E-state index >= 15 is 0 Å². The van der Waals surface area contributed by atoms with Crippen LogP contribution in [-0.4, -0.2) is 6.54 Å². The molecule has 1 atom stereocenters. The number of rotatable bonds is 5. The van der Waals surface area contributed by atoms with Gasteiger partial charge in [0.05, 0.1) is 17.0 Å². The molecule has 0 bridgehead atoms. The molecule has 0 aliphatic heterocycles. The van der Waals surface area contributed by atoms with Gasteiger partial charge in [0.2, 0.25) is 0 Å². The third kappa shape index (κ3) is 2.64. The Bertz CT molecular complexity index is 435. The summed E-state index contributed by atoms with van der Waals surface area (Å²) in [7, 11) is 0. The van der Waals surface area contributed by atoms with Gasteiger partial charge in [0, 0.05) is 0 Å². The van der Waals surface area contributed by atoms with Gasteiger partial charge >= 0.3 is 0 Å². The van der Waals surface area contributed by atoms with E-state index < -0.39 is 0 Å². The average Bonchev–Trinajstić information content (AvgIpc) is 2.90. The predicted octanol–water partition coefficient (Wildman–Crippen LogP) is 4.03. The molecular formula is C13H16BrNO2. The van der Waals surface area contributed by atoms with Gasteiger partial charge in [0.15, 0.2) is 0 Å². The maximum Gasteiger partial charge on any atom is 0.142 e. The Morgan fingerprint density at radius 3 is 2.47 bits per heavy atom. The van der Waals surface area contributed by atoms with Gasteiger partial charge in [-0.15, -0.1) is 0 Å². The molecular weight excluding hydrogens is 282 g/mol. The van der Waals surface area contributed by atoms with Crippen LogP contribution in [0.1, 0.15) is 36.5 Å². The van der Waals surface area contributed by atoms with Crippen LogP contribution in [0.3, 0.4) is 0 Å². The van der Waals surface area contributed by atoms with Gasteiger partial charge in [-0.05, 0) is 53.5 Å². The Morgan fingerprint density at radius 1 is 1.24 bits per heavy atom. The lowest BCUT2D eigenvalue weighted by atomic mass is 10.1. The van der Waals surface area contributed by atoms with E-state index in [9.17, 15) is 0 Å². The van der Waals surface area contributed by atoms with Gasteiger partial charge in [-0.25, -0.2) is 0 Å². The zero-order chi connectivity index (χ0) is 12.3. The van der Waals surface area contributed by atoms with Crippen LogP contribution < -0.4 is 5.32 Å². The Morgan fingerprint density at radius 2 is 1.94 bits per heavy atom. The molecule has 2 rings (SSSR count). The number of halogens is 1. The smallest absolute Gasteiger partial charge is 0.142 e. The standard InChI is InChI=1S/C13H16BrNO2/c1-3-6-15-11(12-9(2)4-7-16-12)13-10(14)5-8-17-13/h4-5,7-8,11,15H,3,6H2,1-2H3. The van der Waals surface area contributed by atoms with Crippen LogP contribution >= 0.6 is 15.9 Å². The second-order valence-corrected chi connectivity index (χ2v) is 4.84. The van der Waals surface area contributed by atoms with Crippen molar-refractivity contribution in [3.05, 3.63) is 46.2 Å². The number of furan rings is 2. The molecule has 0 fully saturated rings. The number of aryl methyl sites for hydroxylation is 1. The van der Waals surface area contributed by atoms with E-state index in [0.717, 1.165) is 34.5 Å². The minimum absolute atomic E-state index is 0.0330. The zero-order valence-corrected chi connectivity index (χ0v) is 11.6. The van der Waals surface area contributed by atoms with E-state index in [1.807, 2.05) is 19.1 Å². The summed E-state index contributed by atoms with van der Waals surface area (Å²) >= 11 is 3.49. The first-order valence-corrected chi connectivity index (χ1v) is 6.53. The molecule has 0 aliphatic rings. The van der Waals surface area contributed by atoms with Crippen LogP contribution in [0.15, 0.2) is 38.0 Å². The summed E-state index contributed by atoms with van der Waals surface area (Å²) in [6, 6.07) is 3.83. The molecule has 2 aromatic heterocycles. The molecule has 0 aromatic carbocycles. The van der Waals surface area contributed by atoms with E-state index in [0.29, 0.717) is 0 Å². The topological polar surface area (TPSA) is 38.3 Å². The minimum Gasteiger partial charge on any atom is -0.467 e. The minimum atomic E-state index is -0.0330. The van der Waals surface area contributed by atoms with E-state index in [4.69, 9.17) is 8.83 Å². The Labute approximate surface area is 109 Å². The summed E-state index contributed by atoms with van der Waals surface area (Å²) in [5.41, 5.74) is 1.13. The fourth-order valence-corrected chi connectivity index (χ4v) is 2.22. The Balaban J connectivity index is 2.32. The first kappa shape index (κ1) is 12.5. The van der Waals surface area contributed by atoms with Crippen molar-refractivity contribution < 1.29 is 8.83 Å². The molecule has 0 radical (unpaired) electrons. The van der Waals surface area contributed by atoms with Gasteiger partial charge in [-0.3, -0.25) is 0 Å². The average molecular weight is 298 g/mol. The number of hydrogen-bond acceptors (Lipinski definition) is 3. The van der Waals surface area contributed by atoms with Crippen molar-refractivity contribution in [2.24, 2.45) is 0 Å². The van der Waals surface area contributed by atoms with E-state index in [-0.39, 0.29) is 6.04 Å². The molecule has 0 saturated carbocycles. The summed E-state index contributed by atoms with van der Waals surface area (Å²) in [5, 5.41) is 3.44. The van der Waals surface area contributed by atoms with Gasteiger partial charge in [0.1, 0.15) is 17.6 Å². The molecule has 1 N–H and O–H groups in total. The van der Waals surface area contributed by atoms with E-state index in [1.165, 1.54) is 0 Å². The molecule has 0 saturated heterocycles. The normalized spacial score (nSPS) is 12.9. The van der Waals surface area contributed by atoms with Crippen molar-refractivity contribution in [1.82, 2.24) is 5.32 Å². The van der Waals surface area contributed by atoms with Crippen molar-refractivity contribution in [2.75, 3.05) is 6.54 Å². The molecule has 3 nitrogen and oxygen atoms in total. The van der Waals surface area contributed by atoms with Crippen molar-refractivity contribution in [1.29, 1.82) is 0 Å². The molecule has 0 amide bonds. The molecule has 4 heteroatoms. The van der Waals surface area contributed by atoms with Crippen LogP contribution in [-0.2, 0) is 0 Å². The summed E-state index contributed by atoms with van der Waals surface area (Å²) in [5.74, 6) is 1.77. The van der Waals surface area contributed by atoms with Crippen molar-refractivity contribution in [2.45, 2.75) is 26.3 Å². The lowest BCUT2D eigenvalue weighted by Gasteiger charge is -2.15. The predicted molar refractivity (Wildman–Crippen MR) is 70.0 cm³/mol. The number of nitrogens with one attached hydrogen (secondary N) is 1. The highest BCUT2D eigenvalue weighted by Crippen LogP contribution is 2.31. The van der Waals surface area contributed by atoms with Crippen molar-refractivity contribution >= 4 is 15.9 Å². The molecule has 2 heterocycles. The fourth-order valence-electron chi connectivity index (χ4n) is 1.78. The Hall–Kier alpha value is -1.00. The highest BCUT2D eigenvalue weighted by molar-refractivity contribution is 9.10. The van der Waals surface area contributed by atoms with Crippen molar-refractivity contribution in [3.63, 3.8) is 0 Å². The summed E-state index contributed by atoms with van der Waals surface area (Å²) in [4.78, 5) is 0. The van der Waals surface area contributed by atoms with Gasteiger partial charge < -0.3 is 14.2 Å². The highest BCUT2D eigenvalue weighted by atomic mass is 79.9. The maximum absolute atomic E-state index is 5.56. The highest BCUT2D eigenvalue weighted by Gasteiger charge is 2.23. The first-order chi connectivity index (χ1) is 8.24. The Kier molecular flexibility index (Phi) is 4.07. The molecule has 2 aromatic rings. The lowest BCUT2D eigenvalue weighted by Crippen LogP contribution is -2.23. The lowest BCUT2D eigenvalue weighted by molar-refractivity contribution is 0.385. The molecule has 0 spiro atoms. The van der Waals surface area contributed by atoms with Crippen molar-refractivity contribution in [3.8, 4) is 0 Å². The molecule has 1 unspecified atom stereocenters. The zero-order valence-electron chi connectivity index (χ0n) is 10.00. The third-order valence-electron chi connectivity index (χ3n) is 2.67. The second kappa shape index (κ2) is 5.56. The first-order valence-electron chi connectivity index (χ1n) is 5.74. The van der Waals surface area contributed by atoms with Crippen LogP contribution in [0.25, 0.3) is 0 Å². The molecule has 0 aliphatic carbocycles. The summed E-state index contributed by atoms with van der Waals surface area (Å²) in [6.07, 6.45) is 4.45. The van der Waals surface area contributed by atoms with Gasteiger partial charge in [-0.2, -0.15) is 0 Å². The SMILES string of the molecule is CCCNC(c1occc1C)c1occc1Br. The van der Waals surface area contributed by atoms with E-state index in [2.05, 4.69) is 28.2 Å². The third-order valence-corrected chi connectivity index (χ3v) is 3.32. The van der Waals surface area contributed by atoms with Gasteiger partial charge in [-0.1, -0.05) is 6.92 Å². The van der Waals surface area contributed by atoms with E-state index in [1.54, 1.807) is 12.5 Å². The summed E-state index contributed by atoms with van der Waals surface area (Å²) in [6.45, 7) is 5.09. The molecule has 17 heavy (non-hydrogen) atoms. The monoisotopic (exact) mass is 297 g/mol. The van der Waals surface area contributed by atoms with Gasteiger partial charge in [0.25, 0.3) is 0 Å². The fraction of sp³-hybridized carbons (Fsp3) is 0.385. The van der Waals surface area contributed by atoms with Crippen LogP contribution in [0, 0.1) is 6.92 Å². The number of hydrogen-bond donors (Lipinski definition) is 1. The van der Waals surface area contributed by atoms with Crippen LogP contribution in [0.5, 0.6) is 0 Å². The van der Waals surface area contributed by atoms with Crippen LogP contribution in [0.2, 0.25) is 0 Å². The van der Waals surface area contributed by atoms with Crippen LogP contribution in [0.4, 0.5) is 0 Å². The maximum atomic E-state index is 5.56. The molecule has 92 valence electrons. The largest absolute Gasteiger partial charge is 0.467 e.